The largest absolute Gasteiger partial charge is 0.480 e. The lowest BCUT2D eigenvalue weighted by Crippen LogP contribution is -2.47. The molecular weight excluding hydrogens is 250 g/mol. The van der Waals surface area contributed by atoms with Gasteiger partial charge in [-0.2, -0.15) is 0 Å². The maximum absolute atomic E-state index is 11.5. The van der Waals surface area contributed by atoms with Gasteiger partial charge in [0.25, 0.3) is 0 Å². The van der Waals surface area contributed by atoms with Gasteiger partial charge < -0.3 is 21.5 Å². The molecule has 1 aliphatic carbocycles. The van der Waals surface area contributed by atoms with Gasteiger partial charge >= 0.3 is 12.0 Å². The fraction of sp³-hybridized carbons (Fsp3) is 0.583. The van der Waals surface area contributed by atoms with Crippen LogP contribution in [0.1, 0.15) is 32.1 Å². The summed E-state index contributed by atoms with van der Waals surface area (Å²) in [5.74, 6) is -2.06. The fourth-order valence-corrected chi connectivity index (χ4v) is 1.91. The van der Waals surface area contributed by atoms with Crippen LogP contribution in [0.25, 0.3) is 0 Å². The van der Waals surface area contributed by atoms with E-state index in [0.717, 1.165) is 25.7 Å². The summed E-state index contributed by atoms with van der Waals surface area (Å²) >= 11 is 0. The standard InChI is InChI=1S/C12H19N3O4/c13-10(16)7-9(11(17)18)15-12(19)14-6-5-8-3-1-2-4-8/h3,9H,1-2,4-7H2,(H2,13,16)(H,17,18)(H2,14,15,19)/t9-/m0/s1. The minimum Gasteiger partial charge on any atom is -0.480 e. The monoisotopic (exact) mass is 269 g/mol. The highest BCUT2D eigenvalue weighted by atomic mass is 16.4. The van der Waals surface area contributed by atoms with E-state index in [1.165, 1.54) is 5.57 Å². The first-order valence-electron chi connectivity index (χ1n) is 6.22. The molecule has 0 aromatic carbocycles. The van der Waals surface area contributed by atoms with Crippen molar-refractivity contribution in [2.75, 3.05) is 6.54 Å². The zero-order valence-electron chi connectivity index (χ0n) is 10.6. The van der Waals surface area contributed by atoms with Crippen LogP contribution in [0, 0.1) is 0 Å². The topological polar surface area (TPSA) is 122 Å². The van der Waals surface area contributed by atoms with Gasteiger partial charge in [-0.15, -0.1) is 0 Å². The average molecular weight is 269 g/mol. The van der Waals surface area contributed by atoms with Crippen LogP contribution in [0.2, 0.25) is 0 Å². The summed E-state index contributed by atoms with van der Waals surface area (Å²) in [5.41, 5.74) is 6.22. The van der Waals surface area contributed by atoms with Gasteiger partial charge in [0.05, 0.1) is 6.42 Å². The molecular formula is C12H19N3O4. The van der Waals surface area contributed by atoms with Crippen LogP contribution in [0.15, 0.2) is 11.6 Å². The summed E-state index contributed by atoms with van der Waals surface area (Å²) in [6.07, 6.45) is 5.80. The second-order valence-corrected chi connectivity index (χ2v) is 4.47. The van der Waals surface area contributed by atoms with Gasteiger partial charge in [-0.1, -0.05) is 11.6 Å². The van der Waals surface area contributed by atoms with Gasteiger partial charge in [0.2, 0.25) is 5.91 Å². The van der Waals surface area contributed by atoms with Gasteiger partial charge in [0.1, 0.15) is 6.04 Å². The average Bonchev–Trinajstić information content (AvgIpc) is 2.80. The Kier molecular flexibility index (Phi) is 5.84. The second-order valence-electron chi connectivity index (χ2n) is 4.47. The Balaban J connectivity index is 2.27. The first-order chi connectivity index (χ1) is 8.99. The zero-order chi connectivity index (χ0) is 14.3. The van der Waals surface area contributed by atoms with Gasteiger partial charge in [-0.05, 0) is 25.7 Å². The van der Waals surface area contributed by atoms with E-state index < -0.39 is 30.4 Å². The van der Waals surface area contributed by atoms with Crippen LogP contribution in [0.3, 0.4) is 0 Å². The third kappa shape index (κ3) is 5.89. The summed E-state index contributed by atoms with van der Waals surface area (Å²) < 4.78 is 0. The highest BCUT2D eigenvalue weighted by Crippen LogP contribution is 2.19. The van der Waals surface area contributed by atoms with Crippen molar-refractivity contribution >= 4 is 17.9 Å². The molecule has 0 aromatic rings. The van der Waals surface area contributed by atoms with Crippen molar-refractivity contribution in [2.45, 2.75) is 38.1 Å². The quantitative estimate of drug-likeness (QED) is 0.490. The van der Waals surface area contributed by atoms with Gasteiger partial charge in [-0.25, -0.2) is 9.59 Å². The van der Waals surface area contributed by atoms with E-state index in [1.54, 1.807) is 0 Å². The molecule has 106 valence electrons. The number of carboxylic acids is 1. The lowest BCUT2D eigenvalue weighted by Gasteiger charge is -2.13. The molecule has 0 saturated heterocycles. The number of carbonyl (C=O) groups is 3. The summed E-state index contributed by atoms with van der Waals surface area (Å²) in [7, 11) is 0. The summed E-state index contributed by atoms with van der Waals surface area (Å²) in [6.45, 7) is 0.445. The van der Waals surface area contributed by atoms with Crippen LogP contribution in [0.5, 0.6) is 0 Å². The Morgan fingerprint density at radius 2 is 2.16 bits per heavy atom. The van der Waals surface area contributed by atoms with Crippen LogP contribution < -0.4 is 16.4 Å². The second kappa shape index (κ2) is 7.40. The molecule has 0 saturated carbocycles. The molecule has 0 heterocycles. The molecule has 0 fully saturated rings. The fourth-order valence-electron chi connectivity index (χ4n) is 1.91. The van der Waals surface area contributed by atoms with E-state index in [0.29, 0.717) is 6.54 Å². The lowest BCUT2D eigenvalue weighted by atomic mass is 10.2. The van der Waals surface area contributed by atoms with E-state index in [2.05, 4.69) is 16.7 Å². The molecule has 0 bridgehead atoms. The molecule has 0 aromatic heterocycles. The van der Waals surface area contributed by atoms with Crippen molar-refractivity contribution in [2.24, 2.45) is 5.73 Å². The number of rotatable bonds is 7. The third-order valence-electron chi connectivity index (χ3n) is 2.88. The van der Waals surface area contributed by atoms with Crippen molar-refractivity contribution in [3.8, 4) is 0 Å². The molecule has 7 heteroatoms. The Morgan fingerprint density at radius 1 is 1.42 bits per heavy atom. The normalized spacial score (nSPS) is 15.5. The van der Waals surface area contributed by atoms with E-state index >= 15 is 0 Å². The number of amides is 3. The van der Waals surface area contributed by atoms with Crippen molar-refractivity contribution in [1.82, 2.24) is 10.6 Å². The molecule has 19 heavy (non-hydrogen) atoms. The Morgan fingerprint density at radius 3 is 2.68 bits per heavy atom. The molecule has 1 rings (SSSR count). The Hall–Kier alpha value is -2.05. The number of carboxylic acid groups (broad SMARTS) is 1. The number of allylic oxidation sites excluding steroid dienone is 1. The predicted molar refractivity (Wildman–Crippen MR) is 68.3 cm³/mol. The van der Waals surface area contributed by atoms with E-state index in [9.17, 15) is 14.4 Å². The zero-order valence-corrected chi connectivity index (χ0v) is 10.6. The number of hydrogen-bond acceptors (Lipinski definition) is 3. The van der Waals surface area contributed by atoms with Crippen LogP contribution in [-0.4, -0.2) is 35.6 Å². The number of nitrogens with one attached hydrogen (secondary N) is 2. The molecule has 0 spiro atoms. The predicted octanol–water partition coefficient (Wildman–Crippen LogP) is 0.115. The molecule has 0 aliphatic heterocycles. The maximum Gasteiger partial charge on any atom is 0.326 e. The SMILES string of the molecule is NC(=O)C[C@H](NC(=O)NCCC1=CCCC1)C(=O)O. The van der Waals surface area contributed by atoms with Gasteiger partial charge in [0, 0.05) is 6.54 Å². The maximum atomic E-state index is 11.5. The van der Waals surface area contributed by atoms with Crippen molar-refractivity contribution < 1.29 is 19.5 Å². The number of hydrogen-bond donors (Lipinski definition) is 4. The molecule has 1 aliphatic rings. The van der Waals surface area contributed by atoms with Gasteiger partial charge in [-0.3, -0.25) is 4.79 Å². The number of nitrogens with two attached hydrogens (primary N) is 1. The van der Waals surface area contributed by atoms with E-state index in [4.69, 9.17) is 10.8 Å². The number of urea groups is 1. The molecule has 1 atom stereocenters. The highest BCUT2D eigenvalue weighted by Gasteiger charge is 2.21. The van der Waals surface area contributed by atoms with Gasteiger partial charge in [0.15, 0.2) is 0 Å². The summed E-state index contributed by atoms with van der Waals surface area (Å²) in [5, 5.41) is 13.6. The van der Waals surface area contributed by atoms with Crippen LogP contribution in [0.4, 0.5) is 4.79 Å². The lowest BCUT2D eigenvalue weighted by molar-refractivity contribution is -0.140. The first kappa shape index (κ1) is 15.0. The number of primary amides is 1. The molecule has 3 amide bonds. The Labute approximate surface area is 111 Å². The molecule has 0 radical (unpaired) electrons. The summed E-state index contributed by atoms with van der Waals surface area (Å²) in [6, 6.07) is -1.89. The van der Waals surface area contributed by atoms with Crippen LogP contribution in [-0.2, 0) is 9.59 Å². The van der Waals surface area contributed by atoms with Crippen molar-refractivity contribution in [3.63, 3.8) is 0 Å². The summed E-state index contributed by atoms with van der Waals surface area (Å²) in [4.78, 5) is 32.9. The van der Waals surface area contributed by atoms with E-state index in [-0.39, 0.29) is 0 Å². The van der Waals surface area contributed by atoms with Crippen LogP contribution >= 0.6 is 0 Å². The number of carbonyl (C=O) groups excluding carboxylic acids is 2. The molecule has 0 unspecified atom stereocenters. The first-order valence-corrected chi connectivity index (χ1v) is 6.22. The molecule has 5 N–H and O–H groups in total. The smallest absolute Gasteiger partial charge is 0.326 e. The number of aliphatic carboxylic acids is 1. The van der Waals surface area contributed by atoms with Crippen molar-refractivity contribution in [3.05, 3.63) is 11.6 Å². The highest BCUT2D eigenvalue weighted by molar-refractivity contribution is 5.87. The van der Waals surface area contributed by atoms with Crippen molar-refractivity contribution in [1.29, 1.82) is 0 Å². The molecule has 7 nitrogen and oxygen atoms in total. The third-order valence-corrected chi connectivity index (χ3v) is 2.88. The Bertz CT molecular complexity index is 392. The van der Waals surface area contributed by atoms with E-state index in [1.807, 2.05) is 0 Å². The minimum atomic E-state index is -1.29. The minimum absolute atomic E-state index is 0.423.